The third-order valence-electron chi connectivity index (χ3n) is 4.81. The van der Waals surface area contributed by atoms with Crippen molar-refractivity contribution < 1.29 is 43.8 Å². The fourth-order valence-corrected chi connectivity index (χ4v) is 2.55. The first-order chi connectivity index (χ1) is 17.6. The van der Waals surface area contributed by atoms with Gasteiger partial charge >= 0.3 is 11.9 Å². The van der Waals surface area contributed by atoms with Crippen molar-refractivity contribution >= 4 is 41.5 Å². The Hall–Kier alpha value is -3.79. The number of carbonyl (C=O) groups is 7. The zero-order valence-corrected chi connectivity index (χ0v) is 22.3. The van der Waals surface area contributed by atoms with Gasteiger partial charge in [-0.2, -0.15) is 0 Å². The predicted molar refractivity (Wildman–Crippen MR) is 135 cm³/mol. The van der Waals surface area contributed by atoms with Crippen molar-refractivity contribution in [3.8, 4) is 0 Å². The van der Waals surface area contributed by atoms with Crippen LogP contribution in [0.5, 0.6) is 0 Å². The fourth-order valence-electron chi connectivity index (χ4n) is 2.55. The number of carboxylic acid groups (broad SMARTS) is 2. The Bertz CT molecular complexity index is 838. The normalized spacial score (nSPS) is 14.1. The van der Waals surface area contributed by atoms with Crippen molar-refractivity contribution in [1.29, 1.82) is 0 Å². The van der Waals surface area contributed by atoms with E-state index in [1.54, 1.807) is 0 Å². The summed E-state index contributed by atoms with van der Waals surface area (Å²) in [6, 6.07) is -4.53. The highest BCUT2D eigenvalue weighted by Gasteiger charge is 2.25. The molecular weight excluding hydrogens is 506 g/mol. The van der Waals surface area contributed by atoms with Gasteiger partial charge in [-0.3, -0.25) is 33.6 Å². The molecule has 0 saturated carbocycles. The van der Waals surface area contributed by atoms with Crippen LogP contribution in [0.2, 0.25) is 0 Å². The molecule has 0 spiro atoms. The van der Waals surface area contributed by atoms with Gasteiger partial charge in [0.25, 0.3) is 0 Å². The number of unbranched alkanes of at least 4 members (excludes halogenated alkanes) is 1. The Labute approximate surface area is 221 Å². The minimum Gasteiger partial charge on any atom is -0.480 e. The van der Waals surface area contributed by atoms with Crippen LogP contribution in [0.3, 0.4) is 0 Å². The van der Waals surface area contributed by atoms with Gasteiger partial charge in [-0.1, -0.05) is 0 Å². The second-order valence-electron chi connectivity index (χ2n) is 8.40. The molecule has 38 heavy (non-hydrogen) atoms. The summed E-state index contributed by atoms with van der Waals surface area (Å²) >= 11 is 0. The monoisotopic (exact) mass is 547 g/mol. The second-order valence-corrected chi connectivity index (χ2v) is 8.40. The molecule has 0 fully saturated rings. The number of amides is 5. The summed E-state index contributed by atoms with van der Waals surface area (Å²) in [6.07, 6.45) is 1.78. The van der Waals surface area contributed by atoms with E-state index in [-0.39, 0.29) is 12.5 Å². The van der Waals surface area contributed by atoms with Crippen molar-refractivity contribution in [3.63, 3.8) is 0 Å². The van der Waals surface area contributed by atoms with Gasteiger partial charge in [-0.15, -0.1) is 0 Å². The number of carboxylic acids is 2. The average Bonchev–Trinajstić information content (AvgIpc) is 2.82. The summed E-state index contributed by atoms with van der Waals surface area (Å²) in [5, 5.41) is 29.0. The molecule has 0 radical (unpaired) electrons. The standard InChI is InChI=1S/C14H26N4O5.C8H15N3O4/c1-8(12(20)17-9(2)14(22)23)16-13(21)11(18-10(3)19)6-4-5-7-15;1-4(10-6(12)3-9)7(13)11-5(2)8(14)15/h8-9,11H,4-7,15H2,1-3H3,(H,16,21)(H,17,20)(H,18,19)(H,22,23);4-5H,3,9H2,1-2H3,(H,10,12)(H,11,13)(H,14,15)/t8-,9-,11+;4-,5-/m11/s1. The molecule has 0 aromatic rings. The maximum Gasteiger partial charge on any atom is 0.325 e. The molecule has 11 N–H and O–H groups in total. The molecule has 0 heterocycles. The van der Waals surface area contributed by atoms with Gasteiger partial charge in [0.1, 0.15) is 30.2 Å². The molecular formula is C22H41N7O9. The van der Waals surface area contributed by atoms with Crippen LogP contribution in [-0.2, 0) is 33.6 Å². The summed E-state index contributed by atoms with van der Waals surface area (Å²) < 4.78 is 0. The van der Waals surface area contributed by atoms with Gasteiger partial charge in [0, 0.05) is 6.92 Å². The Morgan fingerprint density at radius 2 is 1.05 bits per heavy atom. The molecule has 0 aliphatic heterocycles. The van der Waals surface area contributed by atoms with E-state index >= 15 is 0 Å². The molecule has 0 unspecified atom stereocenters. The molecule has 5 atom stereocenters. The number of aliphatic carboxylic acids is 2. The van der Waals surface area contributed by atoms with Crippen molar-refractivity contribution in [2.75, 3.05) is 13.1 Å². The van der Waals surface area contributed by atoms with Gasteiger partial charge in [0.15, 0.2) is 0 Å². The van der Waals surface area contributed by atoms with Crippen LogP contribution in [0.1, 0.15) is 53.9 Å². The Morgan fingerprint density at radius 1 is 0.632 bits per heavy atom. The number of hydrogen-bond donors (Lipinski definition) is 9. The summed E-state index contributed by atoms with van der Waals surface area (Å²) in [6.45, 7) is 7.10. The smallest absolute Gasteiger partial charge is 0.325 e. The van der Waals surface area contributed by atoms with Crippen LogP contribution in [-0.4, -0.2) is 95.0 Å². The van der Waals surface area contributed by atoms with E-state index in [0.29, 0.717) is 19.4 Å². The zero-order valence-electron chi connectivity index (χ0n) is 22.3. The highest BCUT2D eigenvalue weighted by Crippen LogP contribution is 2.02. The van der Waals surface area contributed by atoms with Crippen molar-refractivity contribution in [2.45, 2.75) is 84.1 Å². The summed E-state index contributed by atoms with van der Waals surface area (Å²) in [5.41, 5.74) is 10.4. The quantitative estimate of drug-likeness (QED) is 0.0918. The first-order valence-corrected chi connectivity index (χ1v) is 11.9. The van der Waals surface area contributed by atoms with Crippen molar-refractivity contribution in [2.24, 2.45) is 11.5 Å². The molecule has 0 aromatic carbocycles. The highest BCUT2D eigenvalue weighted by atomic mass is 16.4. The number of nitrogens with two attached hydrogens (primary N) is 2. The topological polar surface area (TPSA) is 272 Å². The minimum atomic E-state index is -1.17. The molecule has 0 rings (SSSR count). The summed E-state index contributed by atoms with van der Waals surface area (Å²) in [4.78, 5) is 78.3. The van der Waals surface area contributed by atoms with Gasteiger partial charge < -0.3 is 48.3 Å². The number of hydrogen-bond acceptors (Lipinski definition) is 9. The third-order valence-corrected chi connectivity index (χ3v) is 4.81. The van der Waals surface area contributed by atoms with E-state index in [0.717, 1.165) is 6.42 Å². The van der Waals surface area contributed by atoms with E-state index in [1.165, 1.54) is 34.6 Å². The minimum absolute atomic E-state index is 0.216. The molecule has 16 heteroatoms. The number of carbonyl (C=O) groups excluding carboxylic acids is 5. The van der Waals surface area contributed by atoms with E-state index in [4.69, 9.17) is 21.7 Å². The maximum atomic E-state index is 12.2. The van der Waals surface area contributed by atoms with Gasteiger partial charge in [0.2, 0.25) is 29.5 Å². The van der Waals surface area contributed by atoms with E-state index in [9.17, 15) is 33.6 Å². The molecule has 0 bridgehead atoms. The maximum absolute atomic E-state index is 12.2. The second kappa shape index (κ2) is 19.3. The van der Waals surface area contributed by atoms with Crippen LogP contribution in [0.15, 0.2) is 0 Å². The molecule has 0 aliphatic rings. The van der Waals surface area contributed by atoms with Gasteiger partial charge in [-0.25, -0.2) is 0 Å². The number of nitrogens with one attached hydrogen (secondary N) is 5. The van der Waals surface area contributed by atoms with E-state index in [2.05, 4.69) is 26.6 Å². The molecule has 5 amide bonds. The van der Waals surface area contributed by atoms with Crippen LogP contribution in [0.4, 0.5) is 0 Å². The van der Waals surface area contributed by atoms with Crippen LogP contribution < -0.4 is 38.1 Å². The lowest BCUT2D eigenvalue weighted by Crippen LogP contribution is -2.54. The third kappa shape index (κ3) is 16.8. The largest absolute Gasteiger partial charge is 0.480 e. The van der Waals surface area contributed by atoms with E-state index < -0.39 is 65.8 Å². The average molecular weight is 548 g/mol. The SMILES string of the molecule is CC(=O)N[C@@H](CCCCN)C(=O)N[C@H](C)C(=O)N[C@H](C)C(=O)O.C[C@@H](NC(=O)[C@@H](C)NC(=O)CN)C(=O)O. The van der Waals surface area contributed by atoms with Gasteiger partial charge in [-0.05, 0) is 53.5 Å². The summed E-state index contributed by atoms with van der Waals surface area (Å²) in [7, 11) is 0. The zero-order chi connectivity index (χ0) is 30.0. The lowest BCUT2D eigenvalue weighted by atomic mass is 10.1. The van der Waals surface area contributed by atoms with Crippen molar-refractivity contribution in [3.05, 3.63) is 0 Å². The van der Waals surface area contributed by atoms with E-state index in [1.807, 2.05) is 0 Å². The molecule has 16 nitrogen and oxygen atoms in total. The predicted octanol–water partition coefficient (Wildman–Crippen LogP) is -3.25. The fraction of sp³-hybridized carbons (Fsp3) is 0.682. The molecule has 0 saturated heterocycles. The van der Waals surface area contributed by atoms with Crippen LogP contribution >= 0.6 is 0 Å². The first-order valence-electron chi connectivity index (χ1n) is 11.9. The Kier molecular flexibility index (Phi) is 18.5. The number of rotatable bonds is 15. The first kappa shape index (κ1) is 36.4. The lowest BCUT2D eigenvalue weighted by Gasteiger charge is -2.21. The van der Waals surface area contributed by atoms with Crippen molar-refractivity contribution in [1.82, 2.24) is 26.6 Å². The molecule has 0 aliphatic carbocycles. The molecule has 218 valence electrons. The lowest BCUT2D eigenvalue weighted by molar-refractivity contribution is -0.142. The van der Waals surface area contributed by atoms with Crippen LogP contribution in [0, 0.1) is 0 Å². The highest BCUT2D eigenvalue weighted by molar-refractivity contribution is 5.93. The van der Waals surface area contributed by atoms with Crippen LogP contribution in [0.25, 0.3) is 0 Å². The molecule has 0 aromatic heterocycles. The Balaban J connectivity index is 0. The summed E-state index contributed by atoms with van der Waals surface area (Å²) in [5.74, 6) is -4.81. The Morgan fingerprint density at radius 3 is 1.42 bits per heavy atom. The van der Waals surface area contributed by atoms with Gasteiger partial charge in [0.05, 0.1) is 6.54 Å².